The number of para-hydroxylation sites is 1. The molecule has 200 valence electrons. The molecule has 0 bridgehead atoms. The number of imide groups is 1. The Morgan fingerprint density at radius 2 is 1.79 bits per heavy atom. The van der Waals surface area contributed by atoms with E-state index in [-0.39, 0.29) is 11.5 Å². The van der Waals surface area contributed by atoms with Crippen LogP contribution in [-0.4, -0.2) is 45.3 Å². The summed E-state index contributed by atoms with van der Waals surface area (Å²) in [7, 11) is 0. The zero-order chi connectivity index (χ0) is 26.9. The van der Waals surface area contributed by atoms with E-state index < -0.39 is 11.8 Å². The number of carbonyl (C=O) groups excluding carboxylic acids is 3. The fourth-order valence-electron chi connectivity index (χ4n) is 5.94. The lowest BCUT2D eigenvalue weighted by molar-refractivity contribution is -0.131. The van der Waals surface area contributed by atoms with Crippen molar-refractivity contribution in [2.45, 2.75) is 58.4 Å². The Hall–Kier alpha value is -4.20. The van der Waals surface area contributed by atoms with Crippen LogP contribution < -0.4 is 5.32 Å². The number of nitrogens with zero attached hydrogens (tertiary/aromatic N) is 3. The first kappa shape index (κ1) is 25.1. The van der Waals surface area contributed by atoms with Gasteiger partial charge in [0.15, 0.2) is 0 Å². The number of amides is 3. The Kier molecular flexibility index (Phi) is 6.77. The zero-order valence-corrected chi connectivity index (χ0v) is 22.2. The third kappa shape index (κ3) is 4.54. The lowest BCUT2D eigenvalue weighted by Crippen LogP contribution is -2.36. The predicted octanol–water partition coefficient (Wildman–Crippen LogP) is 5.09. The van der Waals surface area contributed by atoms with Crippen LogP contribution in [0, 0.1) is 0 Å². The number of carbonyl (C=O) groups is 3. The molecule has 0 unspecified atom stereocenters. The second-order valence-corrected chi connectivity index (χ2v) is 10.4. The first-order valence-corrected chi connectivity index (χ1v) is 13.9. The summed E-state index contributed by atoms with van der Waals surface area (Å²) in [5.74, 6) is -0.685. The standard InChI is InChI=1S/C31H32N4O4/c1-2-3-4-5-6-10-25(36)34-13-11-20-8-7-9-22-24(19-35(15-14-34)28(20)22)27-26(30(37)33-31(27)38)23-18-32-17-21-12-16-39-29(21)23/h7-9,12,16-19H,2-6,10-11,13-15H2,1H3,(H,33,37,38). The van der Waals surface area contributed by atoms with Gasteiger partial charge in [-0.1, -0.05) is 50.8 Å². The molecule has 8 nitrogen and oxygen atoms in total. The normalized spacial score (nSPS) is 15.8. The molecule has 5 heterocycles. The van der Waals surface area contributed by atoms with Gasteiger partial charge in [0.1, 0.15) is 5.58 Å². The maximum absolute atomic E-state index is 13.2. The summed E-state index contributed by atoms with van der Waals surface area (Å²) >= 11 is 0. The van der Waals surface area contributed by atoms with Gasteiger partial charge >= 0.3 is 0 Å². The molecule has 0 fully saturated rings. The number of unbranched alkanes of at least 4 members (excludes halogenated alkanes) is 4. The molecule has 3 aromatic heterocycles. The van der Waals surface area contributed by atoms with Gasteiger partial charge in [0, 0.05) is 66.5 Å². The van der Waals surface area contributed by atoms with E-state index in [1.165, 1.54) is 19.3 Å². The number of rotatable bonds is 8. The number of pyridine rings is 1. The number of hydrogen-bond donors (Lipinski definition) is 1. The second-order valence-electron chi connectivity index (χ2n) is 10.4. The van der Waals surface area contributed by atoms with Crippen molar-refractivity contribution in [1.82, 2.24) is 19.8 Å². The SMILES string of the molecule is CCCCCCCC(=O)N1CCc2cccc3c(C4=C(c5cncc6ccoc56)C(=O)NC4=O)cn(c23)CC1. The van der Waals surface area contributed by atoms with Crippen LogP contribution in [0.15, 0.2) is 53.5 Å². The minimum atomic E-state index is -0.460. The maximum atomic E-state index is 13.2. The van der Waals surface area contributed by atoms with Crippen molar-refractivity contribution >= 4 is 50.7 Å². The number of nitrogens with one attached hydrogen (secondary N) is 1. The van der Waals surface area contributed by atoms with Crippen molar-refractivity contribution in [3.63, 3.8) is 0 Å². The van der Waals surface area contributed by atoms with E-state index in [4.69, 9.17) is 4.42 Å². The van der Waals surface area contributed by atoms with E-state index in [1.54, 1.807) is 24.7 Å². The molecule has 6 rings (SSSR count). The van der Waals surface area contributed by atoms with Gasteiger partial charge in [-0.2, -0.15) is 0 Å². The first-order valence-electron chi connectivity index (χ1n) is 13.9. The largest absolute Gasteiger partial charge is 0.464 e. The highest BCUT2D eigenvalue weighted by Gasteiger charge is 2.36. The summed E-state index contributed by atoms with van der Waals surface area (Å²) in [6.07, 6.45) is 13.7. The van der Waals surface area contributed by atoms with Crippen LogP contribution in [0.3, 0.4) is 0 Å². The molecule has 0 saturated heterocycles. The minimum Gasteiger partial charge on any atom is -0.464 e. The Morgan fingerprint density at radius 3 is 2.64 bits per heavy atom. The van der Waals surface area contributed by atoms with E-state index in [0.29, 0.717) is 48.3 Å². The highest BCUT2D eigenvalue weighted by molar-refractivity contribution is 6.50. The number of furan rings is 1. The molecule has 2 aliphatic heterocycles. The van der Waals surface area contributed by atoms with E-state index in [9.17, 15) is 14.4 Å². The molecular weight excluding hydrogens is 492 g/mol. The molecule has 3 amide bonds. The van der Waals surface area contributed by atoms with Crippen LogP contribution in [0.4, 0.5) is 0 Å². The third-order valence-corrected chi connectivity index (χ3v) is 7.92. The zero-order valence-electron chi connectivity index (χ0n) is 22.2. The van der Waals surface area contributed by atoms with Gasteiger partial charge in [0.2, 0.25) is 5.91 Å². The number of fused-ring (bicyclic) bond motifs is 1. The van der Waals surface area contributed by atoms with Crippen LogP contribution in [0.25, 0.3) is 33.0 Å². The molecule has 0 spiro atoms. The van der Waals surface area contributed by atoms with Gasteiger partial charge in [0.25, 0.3) is 11.8 Å². The summed E-state index contributed by atoms with van der Waals surface area (Å²) in [5, 5.41) is 4.17. The number of aromatic nitrogens is 2. The second kappa shape index (κ2) is 10.5. The van der Waals surface area contributed by atoms with Gasteiger partial charge in [-0.25, -0.2) is 0 Å². The quantitative estimate of drug-likeness (QED) is 0.256. The summed E-state index contributed by atoms with van der Waals surface area (Å²) in [6, 6.07) is 7.85. The van der Waals surface area contributed by atoms with Gasteiger partial charge < -0.3 is 13.9 Å². The van der Waals surface area contributed by atoms with Crippen LogP contribution in [-0.2, 0) is 27.3 Å². The predicted molar refractivity (Wildman–Crippen MR) is 150 cm³/mol. The molecule has 1 aromatic carbocycles. The molecule has 8 heteroatoms. The van der Waals surface area contributed by atoms with E-state index in [1.807, 2.05) is 23.2 Å². The van der Waals surface area contributed by atoms with Crippen LogP contribution in [0.2, 0.25) is 0 Å². The van der Waals surface area contributed by atoms with Gasteiger partial charge in [0.05, 0.1) is 22.9 Å². The van der Waals surface area contributed by atoms with E-state index >= 15 is 0 Å². The summed E-state index contributed by atoms with van der Waals surface area (Å²) < 4.78 is 7.81. The number of hydrogen-bond acceptors (Lipinski definition) is 5. The average molecular weight is 525 g/mol. The van der Waals surface area contributed by atoms with Crippen molar-refractivity contribution < 1.29 is 18.8 Å². The maximum Gasteiger partial charge on any atom is 0.259 e. The van der Waals surface area contributed by atoms with Crippen molar-refractivity contribution in [1.29, 1.82) is 0 Å². The smallest absolute Gasteiger partial charge is 0.259 e. The lowest BCUT2D eigenvalue weighted by Gasteiger charge is -2.26. The average Bonchev–Trinajstić information content (AvgIpc) is 3.62. The lowest BCUT2D eigenvalue weighted by atomic mass is 9.95. The highest BCUT2D eigenvalue weighted by Crippen LogP contribution is 2.39. The Balaban J connectivity index is 1.36. The van der Waals surface area contributed by atoms with Crippen LogP contribution >= 0.6 is 0 Å². The molecule has 0 atom stereocenters. The molecule has 39 heavy (non-hydrogen) atoms. The monoisotopic (exact) mass is 524 g/mol. The molecule has 2 aliphatic rings. The molecule has 1 N–H and O–H groups in total. The number of benzene rings is 1. The van der Waals surface area contributed by atoms with Crippen molar-refractivity contribution in [3.8, 4) is 0 Å². The van der Waals surface area contributed by atoms with E-state index in [2.05, 4.69) is 27.9 Å². The van der Waals surface area contributed by atoms with Crippen molar-refractivity contribution in [3.05, 3.63) is 65.8 Å². The van der Waals surface area contributed by atoms with Crippen LogP contribution in [0.1, 0.15) is 62.1 Å². The topological polar surface area (TPSA) is 97.4 Å². The van der Waals surface area contributed by atoms with Crippen LogP contribution in [0.5, 0.6) is 0 Å². The minimum absolute atomic E-state index is 0.208. The molecule has 0 saturated carbocycles. The van der Waals surface area contributed by atoms with Crippen molar-refractivity contribution in [2.24, 2.45) is 0 Å². The molecular formula is C31H32N4O4. The Labute approximate surface area is 226 Å². The summed E-state index contributed by atoms with van der Waals surface area (Å²) in [5.41, 5.74) is 4.48. The summed E-state index contributed by atoms with van der Waals surface area (Å²) in [6.45, 7) is 4.09. The Morgan fingerprint density at radius 1 is 0.974 bits per heavy atom. The first-order chi connectivity index (χ1) is 19.1. The molecule has 0 aliphatic carbocycles. The Bertz CT molecular complexity index is 1630. The molecule has 0 radical (unpaired) electrons. The van der Waals surface area contributed by atoms with Gasteiger partial charge in [-0.15, -0.1) is 0 Å². The molecule has 4 aromatic rings. The van der Waals surface area contributed by atoms with Crippen molar-refractivity contribution in [2.75, 3.05) is 13.1 Å². The van der Waals surface area contributed by atoms with E-state index in [0.717, 1.165) is 41.1 Å². The fraction of sp³-hybridized carbons (Fsp3) is 0.355. The van der Waals surface area contributed by atoms with Gasteiger partial charge in [-0.3, -0.25) is 24.7 Å². The third-order valence-electron chi connectivity index (χ3n) is 7.92. The highest BCUT2D eigenvalue weighted by atomic mass is 16.3. The fourth-order valence-corrected chi connectivity index (χ4v) is 5.94. The van der Waals surface area contributed by atoms with Gasteiger partial charge in [-0.05, 0) is 24.5 Å². The summed E-state index contributed by atoms with van der Waals surface area (Å²) in [4.78, 5) is 45.6.